The summed E-state index contributed by atoms with van der Waals surface area (Å²) in [5.74, 6) is 0.337. The number of nitrogens with zero attached hydrogens (tertiary/aromatic N) is 1. The van der Waals surface area contributed by atoms with Crippen molar-refractivity contribution in [3.05, 3.63) is 29.8 Å². The van der Waals surface area contributed by atoms with Crippen molar-refractivity contribution in [3.8, 4) is 0 Å². The van der Waals surface area contributed by atoms with E-state index < -0.39 is 5.91 Å². The molecular formula is C18H27N3O2. The largest absolute Gasteiger partial charge is 0.369 e. The topological polar surface area (TPSA) is 75.4 Å². The van der Waals surface area contributed by atoms with Crippen LogP contribution in [0, 0.1) is 5.92 Å². The van der Waals surface area contributed by atoms with E-state index in [9.17, 15) is 9.59 Å². The van der Waals surface area contributed by atoms with Crippen molar-refractivity contribution in [1.29, 1.82) is 0 Å². The molecule has 0 aromatic heterocycles. The van der Waals surface area contributed by atoms with Crippen LogP contribution in [0.4, 0.5) is 10.5 Å². The summed E-state index contributed by atoms with van der Waals surface area (Å²) in [5, 5.41) is 2.94. The van der Waals surface area contributed by atoms with Gasteiger partial charge in [0.05, 0.1) is 6.42 Å². The average Bonchev–Trinajstić information content (AvgIpc) is 2.75. The van der Waals surface area contributed by atoms with Gasteiger partial charge in [0.1, 0.15) is 0 Å². The zero-order chi connectivity index (χ0) is 16.7. The molecule has 23 heavy (non-hydrogen) atoms. The molecule has 2 rings (SSSR count). The third-order valence-corrected chi connectivity index (χ3v) is 4.46. The fourth-order valence-corrected chi connectivity index (χ4v) is 3.24. The first-order valence-corrected chi connectivity index (χ1v) is 8.52. The van der Waals surface area contributed by atoms with Crippen LogP contribution in [0.5, 0.6) is 0 Å². The van der Waals surface area contributed by atoms with E-state index in [0.717, 1.165) is 37.4 Å². The van der Waals surface area contributed by atoms with Crippen molar-refractivity contribution in [1.82, 2.24) is 4.90 Å². The molecule has 0 unspecified atom stereocenters. The van der Waals surface area contributed by atoms with E-state index in [4.69, 9.17) is 5.73 Å². The standard InChI is InChI=1S/C18H27N3O2/c1-2-6-14-7-5-11-21(12-10-14)18(23)20-16-9-4-3-8-15(16)13-17(19)22/h3-4,8-9,14H,2,5-7,10-13H2,1H3,(H2,19,22)(H,20,23)/t14-/m1/s1. The van der Waals surface area contributed by atoms with Crippen molar-refractivity contribution in [2.45, 2.75) is 45.4 Å². The summed E-state index contributed by atoms with van der Waals surface area (Å²) in [4.78, 5) is 25.6. The summed E-state index contributed by atoms with van der Waals surface area (Å²) in [6.07, 6.45) is 5.92. The third-order valence-electron chi connectivity index (χ3n) is 4.46. The van der Waals surface area contributed by atoms with Gasteiger partial charge in [-0.3, -0.25) is 4.79 Å². The van der Waals surface area contributed by atoms with Crippen LogP contribution in [0.3, 0.4) is 0 Å². The van der Waals surface area contributed by atoms with Gasteiger partial charge in [-0.25, -0.2) is 4.79 Å². The monoisotopic (exact) mass is 317 g/mol. The molecule has 1 aliphatic heterocycles. The molecule has 0 saturated carbocycles. The lowest BCUT2D eigenvalue weighted by Gasteiger charge is -2.22. The number of amides is 3. The van der Waals surface area contributed by atoms with Gasteiger partial charge in [0.25, 0.3) is 0 Å². The number of hydrogen-bond donors (Lipinski definition) is 2. The van der Waals surface area contributed by atoms with Gasteiger partial charge in [-0.1, -0.05) is 38.0 Å². The maximum absolute atomic E-state index is 12.5. The zero-order valence-electron chi connectivity index (χ0n) is 13.9. The molecule has 0 radical (unpaired) electrons. The smallest absolute Gasteiger partial charge is 0.321 e. The highest BCUT2D eigenvalue weighted by atomic mass is 16.2. The minimum absolute atomic E-state index is 0.0842. The number of hydrogen-bond acceptors (Lipinski definition) is 2. The van der Waals surface area contributed by atoms with Crippen molar-refractivity contribution < 1.29 is 9.59 Å². The first-order valence-electron chi connectivity index (χ1n) is 8.52. The van der Waals surface area contributed by atoms with Crippen molar-refractivity contribution in [2.75, 3.05) is 18.4 Å². The Morgan fingerprint density at radius 3 is 2.78 bits per heavy atom. The van der Waals surface area contributed by atoms with Gasteiger partial charge >= 0.3 is 6.03 Å². The molecule has 0 spiro atoms. The molecule has 0 aliphatic carbocycles. The summed E-state index contributed by atoms with van der Waals surface area (Å²) in [6, 6.07) is 7.24. The first-order chi connectivity index (χ1) is 11.1. The molecule has 1 heterocycles. The van der Waals surface area contributed by atoms with E-state index in [1.807, 2.05) is 29.2 Å². The highest BCUT2D eigenvalue weighted by Gasteiger charge is 2.20. The second-order valence-electron chi connectivity index (χ2n) is 6.30. The number of nitrogens with two attached hydrogens (primary N) is 1. The number of rotatable bonds is 5. The van der Waals surface area contributed by atoms with E-state index in [1.165, 1.54) is 19.3 Å². The lowest BCUT2D eigenvalue weighted by molar-refractivity contribution is -0.117. The predicted molar refractivity (Wildman–Crippen MR) is 92.2 cm³/mol. The quantitative estimate of drug-likeness (QED) is 0.875. The van der Waals surface area contributed by atoms with E-state index in [0.29, 0.717) is 5.69 Å². The van der Waals surface area contributed by atoms with Crippen LogP contribution in [-0.2, 0) is 11.2 Å². The van der Waals surface area contributed by atoms with Gasteiger partial charge < -0.3 is 16.0 Å². The van der Waals surface area contributed by atoms with E-state index in [1.54, 1.807) is 0 Å². The molecule has 126 valence electrons. The van der Waals surface area contributed by atoms with Gasteiger partial charge in [0.15, 0.2) is 0 Å². The minimum atomic E-state index is -0.399. The molecule has 0 bridgehead atoms. The van der Waals surface area contributed by atoms with Crippen LogP contribution in [0.2, 0.25) is 0 Å². The molecule has 5 nitrogen and oxygen atoms in total. The number of anilines is 1. The molecule has 1 saturated heterocycles. The average molecular weight is 317 g/mol. The van der Waals surface area contributed by atoms with Crippen molar-refractivity contribution >= 4 is 17.6 Å². The highest BCUT2D eigenvalue weighted by molar-refractivity contribution is 5.91. The van der Waals surface area contributed by atoms with Crippen LogP contribution in [-0.4, -0.2) is 29.9 Å². The van der Waals surface area contributed by atoms with Gasteiger partial charge in [0, 0.05) is 18.8 Å². The summed E-state index contributed by atoms with van der Waals surface area (Å²) >= 11 is 0. The van der Waals surface area contributed by atoms with Crippen molar-refractivity contribution in [3.63, 3.8) is 0 Å². The predicted octanol–water partition coefficient (Wildman–Crippen LogP) is 3.15. The number of urea groups is 1. The van der Waals surface area contributed by atoms with Gasteiger partial charge in [-0.05, 0) is 36.8 Å². The van der Waals surface area contributed by atoms with Gasteiger partial charge in [0.2, 0.25) is 5.91 Å². The number of carbonyl (C=O) groups excluding carboxylic acids is 2. The zero-order valence-corrected chi connectivity index (χ0v) is 13.9. The molecule has 1 aliphatic rings. The Balaban J connectivity index is 1.98. The number of primary amides is 1. The molecule has 3 amide bonds. The van der Waals surface area contributed by atoms with Crippen LogP contribution >= 0.6 is 0 Å². The second-order valence-corrected chi connectivity index (χ2v) is 6.30. The maximum Gasteiger partial charge on any atom is 0.321 e. The van der Waals surface area contributed by atoms with Crippen LogP contribution in [0.15, 0.2) is 24.3 Å². The Bertz CT molecular complexity index is 545. The minimum Gasteiger partial charge on any atom is -0.369 e. The summed E-state index contributed by atoms with van der Waals surface area (Å²) < 4.78 is 0. The van der Waals surface area contributed by atoms with Crippen LogP contribution in [0.1, 0.15) is 44.6 Å². The summed E-state index contributed by atoms with van der Waals surface area (Å²) in [7, 11) is 0. The lowest BCUT2D eigenvalue weighted by Crippen LogP contribution is -2.36. The van der Waals surface area contributed by atoms with Crippen LogP contribution in [0.25, 0.3) is 0 Å². The SMILES string of the molecule is CCC[C@@H]1CCCN(C(=O)Nc2ccccc2CC(N)=O)CC1. The number of likely N-dealkylation sites (tertiary alicyclic amines) is 1. The van der Waals surface area contributed by atoms with E-state index in [2.05, 4.69) is 12.2 Å². The number of benzene rings is 1. The Kier molecular flexibility index (Phi) is 6.44. The Morgan fingerprint density at radius 1 is 1.26 bits per heavy atom. The van der Waals surface area contributed by atoms with Crippen LogP contribution < -0.4 is 11.1 Å². The maximum atomic E-state index is 12.5. The summed E-state index contributed by atoms with van der Waals surface area (Å²) in [5.41, 5.74) is 6.70. The van der Waals surface area contributed by atoms with E-state index in [-0.39, 0.29) is 12.5 Å². The lowest BCUT2D eigenvalue weighted by atomic mass is 9.96. The molecule has 5 heteroatoms. The molecule has 1 atom stereocenters. The molecule has 3 N–H and O–H groups in total. The third kappa shape index (κ3) is 5.27. The van der Waals surface area contributed by atoms with Gasteiger partial charge in [-0.2, -0.15) is 0 Å². The van der Waals surface area contributed by atoms with Gasteiger partial charge in [-0.15, -0.1) is 0 Å². The molecular weight excluding hydrogens is 290 g/mol. The molecule has 1 aromatic carbocycles. The summed E-state index contributed by atoms with van der Waals surface area (Å²) in [6.45, 7) is 3.81. The number of para-hydroxylation sites is 1. The molecule has 1 aromatic rings. The Hall–Kier alpha value is -2.04. The fraction of sp³-hybridized carbons (Fsp3) is 0.556. The molecule has 1 fully saturated rings. The number of nitrogens with one attached hydrogen (secondary N) is 1. The Labute approximate surface area is 138 Å². The highest BCUT2D eigenvalue weighted by Crippen LogP contribution is 2.23. The Morgan fingerprint density at radius 2 is 2.04 bits per heavy atom. The normalized spacial score (nSPS) is 18.3. The van der Waals surface area contributed by atoms with Crippen molar-refractivity contribution in [2.24, 2.45) is 11.7 Å². The second kappa shape index (κ2) is 8.56. The van der Waals surface area contributed by atoms with E-state index >= 15 is 0 Å². The first kappa shape index (κ1) is 17.3. The fourth-order valence-electron chi connectivity index (χ4n) is 3.24. The number of carbonyl (C=O) groups is 2.